The summed E-state index contributed by atoms with van der Waals surface area (Å²) in [6.07, 6.45) is 0.960. The van der Waals surface area contributed by atoms with Gasteiger partial charge in [-0.2, -0.15) is 0 Å². The van der Waals surface area contributed by atoms with E-state index in [1.165, 1.54) is 49.4 Å². The van der Waals surface area contributed by atoms with Crippen LogP contribution in [0.5, 0.6) is 0 Å². The number of hydrogen-bond acceptors (Lipinski definition) is 3. The van der Waals surface area contributed by atoms with Crippen LogP contribution in [-0.2, 0) is 11.8 Å². The number of hydrogen-bond donors (Lipinski definition) is 0. The Labute approximate surface area is 223 Å². The van der Waals surface area contributed by atoms with Gasteiger partial charge in [-0.25, -0.2) is 4.98 Å². The van der Waals surface area contributed by atoms with Gasteiger partial charge in [-0.05, 0) is 93.1 Å². The lowest BCUT2D eigenvalue weighted by atomic mass is 9.82. The molecular formula is C34H33NOS. The van der Waals surface area contributed by atoms with Gasteiger partial charge in [0, 0.05) is 22.8 Å². The second-order valence-electron chi connectivity index (χ2n) is 11.6. The first-order valence-corrected chi connectivity index (χ1v) is 14.0. The van der Waals surface area contributed by atoms with E-state index in [0.717, 1.165) is 28.3 Å². The van der Waals surface area contributed by atoms with E-state index in [0.29, 0.717) is 5.92 Å². The van der Waals surface area contributed by atoms with E-state index in [9.17, 15) is 0 Å². The number of furan rings is 1. The summed E-state index contributed by atoms with van der Waals surface area (Å²) in [6.45, 7) is 13.5. The lowest BCUT2D eigenvalue weighted by Gasteiger charge is -2.23. The Bertz CT molecular complexity index is 1780. The van der Waals surface area contributed by atoms with Crippen molar-refractivity contribution in [2.75, 3.05) is 0 Å². The maximum Gasteiger partial charge on any atom is 0.134 e. The van der Waals surface area contributed by atoms with Gasteiger partial charge in [0.1, 0.15) is 16.2 Å². The van der Waals surface area contributed by atoms with E-state index in [1.807, 2.05) is 0 Å². The molecule has 0 unspecified atom stereocenters. The normalized spacial score (nSPS) is 12.4. The van der Waals surface area contributed by atoms with Gasteiger partial charge in [0.25, 0.3) is 0 Å². The summed E-state index contributed by atoms with van der Waals surface area (Å²) >= 11 is 1.71. The summed E-state index contributed by atoms with van der Waals surface area (Å²) in [7, 11) is 0. The zero-order valence-corrected chi connectivity index (χ0v) is 23.3. The topological polar surface area (TPSA) is 26.0 Å². The van der Waals surface area contributed by atoms with E-state index < -0.39 is 0 Å². The van der Waals surface area contributed by atoms with Gasteiger partial charge < -0.3 is 4.42 Å². The van der Waals surface area contributed by atoms with Crippen molar-refractivity contribution in [3.05, 3.63) is 89.0 Å². The molecule has 6 rings (SSSR count). The van der Waals surface area contributed by atoms with Crippen LogP contribution in [0, 0.1) is 12.8 Å². The van der Waals surface area contributed by atoms with Crippen molar-refractivity contribution in [1.82, 2.24) is 4.98 Å². The van der Waals surface area contributed by atoms with Crippen molar-refractivity contribution in [3.63, 3.8) is 0 Å². The molecule has 0 saturated carbocycles. The van der Waals surface area contributed by atoms with Crippen LogP contribution in [0.3, 0.4) is 0 Å². The average Bonchev–Trinajstić information content (AvgIpc) is 3.46. The van der Waals surface area contributed by atoms with Gasteiger partial charge in [-0.3, -0.25) is 0 Å². The summed E-state index contributed by atoms with van der Waals surface area (Å²) in [5, 5.41) is 7.12. The van der Waals surface area contributed by atoms with Crippen LogP contribution in [0.15, 0.2) is 76.5 Å². The number of benzene rings is 3. The van der Waals surface area contributed by atoms with Crippen LogP contribution in [-0.4, -0.2) is 4.98 Å². The highest BCUT2D eigenvalue weighted by atomic mass is 32.1. The molecule has 0 saturated heterocycles. The Morgan fingerprint density at radius 2 is 1.68 bits per heavy atom. The molecule has 0 bridgehead atoms. The van der Waals surface area contributed by atoms with Crippen molar-refractivity contribution in [2.24, 2.45) is 5.92 Å². The molecular weight excluding hydrogens is 470 g/mol. The molecule has 2 nitrogen and oxygen atoms in total. The zero-order chi connectivity index (χ0) is 25.9. The first-order chi connectivity index (χ1) is 17.7. The van der Waals surface area contributed by atoms with Crippen molar-refractivity contribution < 1.29 is 4.42 Å². The molecule has 6 aromatic rings. The molecule has 0 aliphatic carbocycles. The van der Waals surface area contributed by atoms with Gasteiger partial charge in [-0.1, -0.05) is 65.0 Å². The van der Waals surface area contributed by atoms with Crippen LogP contribution in [0.4, 0.5) is 0 Å². The fraction of sp³-hybridized carbons (Fsp3) is 0.265. The lowest BCUT2D eigenvalue weighted by molar-refractivity contribution is 0.496. The Kier molecular flexibility index (Phi) is 5.72. The fourth-order valence-electron chi connectivity index (χ4n) is 5.42. The van der Waals surface area contributed by atoms with Crippen LogP contribution >= 0.6 is 11.3 Å². The van der Waals surface area contributed by atoms with E-state index in [1.54, 1.807) is 11.3 Å². The molecule has 3 aromatic heterocycles. The fourth-order valence-corrected chi connectivity index (χ4v) is 6.21. The number of fused-ring (bicyclic) bond motifs is 3. The predicted molar refractivity (Wildman–Crippen MR) is 160 cm³/mol. The maximum atomic E-state index is 6.24. The molecule has 0 spiro atoms. The molecule has 0 aliphatic rings. The van der Waals surface area contributed by atoms with Crippen molar-refractivity contribution in [2.45, 2.75) is 53.4 Å². The minimum Gasteiger partial charge on any atom is -0.461 e. The third-order valence-electron chi connectivity index (χ3n) is 7.34. The molecule has 3 heteroatoms. The summed E-state index contributed by atoms with van der Waals surface area (Å²) in [5.74, 6) is 1.66. The highest BCUT2D eigenvalue weighted by Gasteiger charge is 2.20. The van der Waals surface area contributed by atoms with Gasteiger partial charge in [-0.15, -0.1) is 11.3 Å². The molecule has 0 radical (unpaired) electrons. The highest BCUT2D eigenvalue weighted by Crippen LogP contribution is 2.39. The van der Waals surface area contributed by atoms with Gasteiger partial charge in [0.05, 0.1) is 5.69 Å². The largest absolute Gasteiger partial charge is 0.461 e. The third-order valence-corrected chi connectivity index (χ3v) is 8.15. The van der Waals surface area contributed by atoms with Crippen molar-refractivity contribution >= 4 is 43.3 Å². The molecule has 0 amide bonds. The molecule has 37 heavy (non-hydrogen) atoms. The monoisotopic (exact) mass is 503 g/mol. The summed E-state index contributed by atoms with van der Waals surface area (Å²) in [6, 6.07) is 24.4. The molecule has 3 aromatic carbocycles. The number of nitrogens with zero attached hydrogens (tertiary/aromatic N) is 1. The number of aromatic nitrogens is 1. The molecule has 186 valence electrons. The summed E-state index contributed by atoms with van der Waals surface area (Å²) < 4.78 is 6.24. The van der Waals surface area contributed by atoms with Gasteiger partial charge >= 0.3 is 0 Å². The Hall–Kier alpha value is -3.43. The number of pyridine rings is 1. The highest BCUT2D eigenvalue weighted by molar-refractivity contribution is 7.16. The third kappa shape index (κ3) is 4.26. The minimum atomic E-state index is 0.0308. The van der Waals surface area contributed by atoms with Crippen LogP contribution in [0.25, 0.3) is 54.3 Å². The Morgan fingerprint density at radius 3 is 2.46 bits per heavy atom. The second kappa shape index (κ2) is 8.85. The van der Waals surface area contributed by atoms with E-state index in [-0.39, 0.29) is 5.41 Å². The summed E-state index contributed by atoms with van der Waals surface area (Å²) in [4.78, 5) is 6.21. The maximum absolute atomic E-state index is 6.24. The molecule has 0 atom stereocenters. The Morgan fingerprint density at radius 1 is 0.865 bits per heavy atom. The van der Waals surface area contributed by atoms with E-state index in [2.05, 4.69) is 114 Å². The van der Waals surface area contributed by atoms with Crippen LogP contribution < -0.4 is 0 Å². The molecule has 0 fully saturated rings. The van der Waals surface area contributed by atoms with Gasteiger partial charge in [0.15, 0.2) is 0 Å². The predicted octanol–water partition coefficient (Wildman–Crippen LogP) is 10.3. The van der Waals surface area contributed by atoms with Crippen LogP contribution in [0.1, 0.15) is 51.5 Å². The zero-order valence-electron chi connectivity index (χ0n) is 22.5. The first kappa shape index (κ1) is 23.9. The average molecular weight is 504 g/mol. The van der Waals surface area contributed by atoms with E-state index in [4.69, 9.17) is 9.40 Å². The molecule has 0 aliphatic heterocycles. The quantitative estimate of drug-likeness (QED) is 0.239. The van der Waals surface area contributed by atoms with Gasteiger partial charge in [0.2, 0.25) is 0 Å². The minimum absolute atomic E-state index is 0.0308. The SMILES string of the molecule is Cc1c(CC(C)C)oc2ccc(-c3cc(-c4cc(C(C)(C)C)c5ccccc5c4)nc4sccc34)cc12. The van der Waals surface area contributed by atoms with Crippen LogP contribution in [0.2, 0.25) is 0 Å². The van der Waals surface area contributed by atoms with Crippen molar-refractivity contribution in [1.29, 1.82) is 0 Å². The van der Waals surface area contributed by atoms with Crippen molar-refractivity contribution in [3.8, 4) is 22.4 Å². The summed E-state index contributed by atoms with van der Waals surface area (Å²) in [5.41, 5.74) is 8.22. The number of rotatable bonds is 4. The lowest BCUT2D eigenvalue weighted by Crippen LogP contribution is -2.12. The first-order valence-electron chi connectivity index (χ1n) is 13.1. The molecule has 0 N–H and O–H groups in total. The molecule has 3 heterocycles. The number of aryl methyl sites for hydroxylation is 1. The second-order valence-corrected chi connectivity index (χ2v) is 12.5. The van der Waals surface area contributed by atoms with E-state index >= 15 is 0 Å². The standard InChI is InChI=1S/C34H33NOS/c1-20(2)15-32-21(3)27-17-23(11-12-31(27)36-32)28-19-30(35-33-26(28)13-14-37-33)24-16-22-9-7-8-10-25(22)29(18-24)34(4,5)6/h7-14,16-20H,15H2,1-6H3. The smallest absolute Gasteiger partial charge is 0.134 e. The Balaban J connectivity index is 1.55. The number of thiophene rings is 1.